The van der Waals surface area contributed by atoms with E-state index in [-0.39, 0.29) is 17.5 Å². The molecule has 1 saturated heterocycles. The minimum Gasteiger partial charge on any atom is -0.496 e. The fourth-order valence-electron chi connectivity index (χ4n) is 3.30. The van der Waals surface area contributed by atoms with Crippen LogP contribution in [0.1, 0.15) is 13.3 Å². The average molecular weight is 418 g/mol. The highest BCUT2D eigenvalue weighted by atomic mass is 35.5. The number of quaternary nitrogens is 1. The van der Waals surface area contributed by atoms with Crippen molar-refractivity contribution in [3.05, 3.63) is 28.0 Å². The second-order valence-electron chi connectivity index (χ2n) is 6.40. The molecule has 142 valence electrons. The van der Waals surface area contributed by atoms with Gasteiger partial charge < -0.3 is 9.64 Å². The number of nitrogens with one attached hydrogen (secondary N) is 2. The minimum atomic E-state index is -2.92. The summed E-state index contributed by atoms with van der Waals surface area (Å²) in [7, 11) is -1.33. The van der Waals surface area contributed by atoms with E-state index >= 15 is 0 Å². The number of aromatic nitrogens is 3. The summed E-state index contributed by atoms with van der Waals surface area (Å²) in [5.41, 5.74) is 0.728. The molecule has 0 saturated carbocycles. The van der Waals surface area contributed by atoms with Crippen LogP contribution in [0, 0.1) is 4.77 Å². The number of H-pyrrole nitrogens is 1. The SMILES string of the molecule is CC[NH+](Cn1[nH]c(-c2cc(Cl)ccc2OC)nc1=S)[C@@H]1CCS(=O)(=O)C1. The number of ether oxygens (including phenoxy) is 1. The Balaban J connectivity index is 1.87. The molecule has 26 heavy (non-hydrogen) atoms. The average Bonchev–Trinajstić information content (AvgIpc) is 3.14. The largest absolute Gasteiger partial charge is 0.496 e. The molecule has 10 heteroatoms. The van der Waals surface area contributed by atoms with Gasteiger partial charge in [-0.05, 0) is 37.3 Å². The van der Waals surface area contributed by atoms with E-state index in [0.717, 1.165) is 17.0 Å². The Morgan fingerprint density at radius 3 is 2.88 bits per heavy atom. The molecule has 2 heterocycles. The zero-order valence-corrected chi connectivity index (χ0v) is 17.0. The Morgan fingerprint density at radius 1 is 1.50 bits per heavy atom. The molecular formula is C16H22ClN4O3S2+. The van der Waals surface area contributed by atoms with Crippen LogP contribution in [0.3, 0.4) is 0 Å². The predicted octanol–water partition coefficient (Wildman–Crippen LogP) is 1.32. The third kappa shape index (κ3) is 4.11. The highest BCUT2D eigenvalue weighted by Crippen LogP contribution is 2.30. The first kappa shape index (κ1) is 19.3. The molecule has 1 fully saturated rings. The van der Waals surface area contributed by atoms with E-state index in [1.54, 1.807) is 30.0 Å². The van der Waals surface area contributed by atoms with Crippen LogP contribution >= 0.6 is 23.8 Å². The minimum absolute atomic E-state index is 0.0827. The molecule has 3 rings (SSSR count). The zero-order valence-electron chi connectivity index (χ0n) is 14.7. The standard InChI is InChI=1S/C16H21ClN4O3S2/c1-3-20(12-6-7-26(22,23)9-12)10-21-16(25)18-15(19-21)13-8-11(17)4-5-14(13)24-2/h4-5,8,12H,3,6-7,9-10H2,1-2H3,(H,18,19,25)/p+1/t12-/m1/s1. The van der Waals surface area contributed by atoms with Gasteiger partial charge in [0.15, 0.2) is 22.3 Å². The molecule has 1 aliphatic heterocycles. The normalized spacial score (nSPS) is 20.2. The van der Waals surface area contributed by atoms with Crippen LogP contribution in [0.4, 0.5) is 0 Å². The van der Waals surface area contributed by atoms with Crippen LogP contribution in [-0.2, 0) is 16.5 Å². The number of halogens is 1. The fourth-order valence-corrected chi connectivity index (χ4v) is 5.50. The number of methoxy groups -OCH3 is 1. The maximum absolute atomic E-state index is 11.8. The molecule has 1 aromatic heterocycles. The third-order valence-electron chi connectivity index (χ3n) is 4.72. The van der Waals surface area contributed by atoms with E-state index in [0.29, 0.717) is 34.5 Å². The Hall–Kier alpha value is -1.42. The maximum atomic E-state index is 11.8. The molecule has 0 bridgehead atoms. The summed E-state index contributed by atoms with van der Waals surface area (Å²) in [5, 5.41) is 3.78. The second kappa shape index (κ2) is 7.67. The molecule has 0 amide bonds. The number of aromatic amines is 1. The molecule has 0 spiro atoms. The van der Waals surface area contributed by atoms with Crippen LogP contribution in [0.5, 0.6) is 5.75 Å². The van der Waals surface area contributed by atoms with Gasteiger partial charge in [-0.25, -0.2) is 13.1 Å². The number of sulfone groups is 1. The van der Waals surface area contributed by atoms with Gasteiger partial charge >= 0.3 is 0 Å². The van der Waals surface area contributed by atoms with Gasteiger partial charge in [0.1, 0.15) is 17.5 Å². The van der Waals surface area contributed by atoms with Gasteiger partial charge in [-0.1, -0.05) is 11.6 Å². The summed E-state index contributed by atoms with van der Waals surface area (Å²) in [5.74, 6) is 1.71. The van der Waals surface area contributed by atoms with Crippen molar-refractivity contribution in [3.8, 4) is 17.1 Å². The van der Waals surface area contributed by atoms with E-state index in [1.807, 2.05) is 6.92 Å². The number of rotatable bonds is 6. The Labute approximate surface area is 162 Å². The predicted molar refractivity (Wildman–Crippen MR) is 103 cm³/mol. The van der Waals surface area contributed by atoms with Gasteiger partial charge in [0.25, 0.3) is 0 Å². The molecular weight excluding hydrogens is 396 g/mol. The lowest BCUT2D eigenvalue weighted by molar-refractivity contribution is -0.943. The summed E-state index contributed by atoms with van der Waals surface area (Å²) in [6.45, 7) is 3.38. The molecule has 1 unspecified atom stereocenters. The van der Waals surface area contributed by atoms with Crippen molar-refractivity contribution in [3.63, 3.8) is 0 Å². The van der Waals surface area contributed by atoms with E-state index < -0.39 is 9.84 Å². The lowest BCUT2D eigenvalue weighted by Gasteiger charge is -2.23. The third-order valence-corrected chi connectivity index (χ3v) is 7.04. The highest BCUT2D eigenvalue weighted by molar-refractivity contribution is 7.91. The number of benzene rings is 1. The molecule has 2 N–H and O–H groups in total. The lowest BCUT2D eigenvalue weighted by atomic mass is 10.2. The summed E-state index contributed by atoms with van der Waals surface area (Å²) >= 11 is 11.5. The van der Waals surface area contributed by atoms with Gasteiger partial charge in [-0.2, -0.15) is 4.98 Å². The Morgan fingerprint density at radius 2 is 2.27 bits per heavy atom. The first-order chi connectivity index (χ1) is 12.3. The Kier molecular flexibility index (Phi) is 5.71. The summed E-state index contributed by atoms with van der Waals surface area (Å²) < 4.78 is 31.1. The van der Waals surface area contributed by atoms with Crippen molar-refractivity contribution in [2.24, 2.45) is 0 Å². The van der Waals surface area contributed by atoms with Gasteiger partial charge in [0.05, 0.1) is 25.0 Å². The number of nitrogens with zero attached hydrogens (tertiary/aromatic N) is 2. The van der Waals surface area contributed by atoms with Crippen LogP contribution in [0.2, 0.25) is 5.02 Å². The van der Waals surface area contributed by atoms with Gasteiger partial charge in [0.2, 0.25) is 4.77 Å². The van der Waals surface area contributed by atoms with Crippen molar-refractivity contribution in [2.45, 2.75) is 26.1 Å². The topological polar surface area (TPSA) is 81.4 Å². The second-order valence-corrected chi connectivity index (χ2v) is 9.43. The summed E-state index contributed by atoms with van der Waals surface area (Å²) in [4.78, 5) is 5.59. The van der Waals surface area contributed by atoms with Crippen molar-refractivity contribution in [1.29, 1.82) is 0 Å². The molecule has 0 aliphatic carbocycles. The quantitative estimate of drug-likeness (QED) is 0.693. The molecule has 1 aliphatic rings. The van der Waals surface area contributed by atoms with E-state index in [9.17, 15) is 8.42 Å². The van der Waals surface area contributed by atoms with Gasteiger partial charge in [-0.3, -0.25) is 5.10 Å². The fraction of sp³-hybridized carbons (Fsp3) is 0.500. The first-order valence-corrected chi connectivity index (χ1v) is 11.0. The lowest BCUT2D eigenvalue weighted by Crippen LogP contribution is -3.15. The molecule has 1 aromatic carbocycles. The summed E-state index contributed by atoms with van der Waals surface area (Å²) in [6, 6.07) is 5.38. The van der Waals surface area contributed by atoms with Crippen molar-refractivity contribution in [2.75, 3.05) is 25.2 Å². The van der Waals surface area contributed by atoms with E-state index in [1.165, 1.54) is 0 Å². The van der Waals surface area contributed by atoms with Crippen LogP contribution in [0.25, 0.3) is 11.4 Å². The Bertz CT molecular complexity index is 955. The van der Waals surface area contributed by atoms with E-state index in [4.69, 9.17) is 28.6 Å². The van der Waals surface area contributed by atoms with E-state index in [2.05, 4.69) is 10.1 Å². The highest BCUT2D eigenvalue weighted by Gasteiger charge is 2.35. The number of hydrogen-bond acceptors (Lipinski definition) is 5. The molecule has 0 radical (unpaired) electrons. The number of hydrogen-bond donors (Lipinski definition) is 2. The van der Waals surface area contributed by atoms with Gasteiger partial charge in [-0.15, -0.1) is 0 Å². The smallest absolute Gasteiger partial charge is 0.221 e. The van der Waals surface area contributed by atoms with Gasteiger partial charge in [0, 0.05) is 11.4 Å². The molecule has 2 aromatic rings. The maximum Gasteiger partial charge on any atom is 0.221 e. The monoisotopic (exact) mass is 417 g/mol. The van der Waals surface area contributed by atoms with Crippen molar-refractivity contribution >= 4 is 33.7 Å². The van der Waals surface area contributed by atoms with Crippen molar-refractivity contribution < 1.29 is 18.1 Å². The van der Waals surface area contributed by atoms with Crippen molar-refractivity contribution in [1.82, 2.24) is 14.8 Å². The first-order valence-electron chi connectivity index (χ1n) is 8.38. The van der Waals surface area contributed by atoms with Crippen LogP contribution < -0.4 is 9.64 Å². The summed E-state index contributed by atoms with van der Waals surface area (Å²) in [6.07, 6.45) is 0.682. The zero-order chi connectivity index (χ0) is 18.9. The van der Waals surface area contributed by atoms with Crippen LogP contribution in [0.15, 0.2) is 18.2 Å². The molecule has 7 nitrogen and oxygen atoms in total. The van der Waals surface area contributed by atoms with Crippen LogP contribution in [-0.4, -0.2) is 54.4 Å². The molecule has 2 atom stereocenters.